The zero-order chi connectivity index (χ0) is 20.7. The van der Waals surface area contributed by atoms with Gasteiger partial charge in [-0.1, -0.05) is 0 Å². The summed E-state index contributed by atoms with van der Waals surface area (Å²) in [6.45, 7) is 5.10. The topological polar surface area (TPSA) is 35.5 Å². The van der Waals surface area contributed by atoms with Gasteiger partial charge in [-0.25, -0.2) is 0 Å². The van der Waals surface area contributed by atoms with E-state index in [2.05, 4.69) is 25.2 Å². The average Bonchev–Trinajstić information content (AvgIpc) is 2.77. The Balaban J connectivity index is 1.57. The Kier molecular flexibility index (Phi) is 7.55. The van der Waals surface area contributed by atoms with E-state index in [9.17, 15) is 3.87 Å². The third-order valence-corrected chi connectivity index (χ3v) is 9.28. The monoisotopic (exact) mass is 451 g/mol. The molecule has 3 nitrogen and oxygen atoms in total. The number of ether oxygens (including phenoxy) is 1. The van der Waals surface area contributed by atoms with Crippen molar-refractivity contribution in [3.05, 3.63) is 78.9 Å². The van der Waals surface area contributed by atoms with Crippen LogP contribution in [0.4, 0.5) is 0 Å². The summed E-state index contributed by atoms with van der Waals surface area (Å²) in [5.41, 5.74) is 2.29. The molecule has 0 saturated carbocycles. The molecule has 0 aromatic heterocycles. The SMILES string of the molecule is CO[Si](C)(C)CCCOc1cc[c]([Co](=[O])[c]2ccc(-c3ccccc3)cc2)cc1. The van der Waals surface area contributed by atoms with Crippen molar-refractivity contribution in [3.63, 3.8) is 0 Å². The van der Waals surface area contributed by atoms with E-state index in [0.29, 0.717) is 6.61 Å². The van der Waals surface area contributed by atoms with Crippen LogP contribution < -0.4 is 13.7 Å². The third kappa shape index (κ3) is 6.21. The van der Waals surface area contributed by atoms with Crippen molar-refractivity contribution in [2.75, 3.05) is 13.7 Å². The first-order valence-corrected chi connectivity index (χ1v) is 14.3. The van der Waals surface area contributed by atoms with E-state index in [1.54, 1.807) is 7.11 Å². The summed E-state index contributed by atoms with van der Waals surface area (Å²) in [5, 5.41) is 0. The van der Waals surface area contributed by atoms with Crippen LogP contribution in [0.2, 0.25) is 19.1 Å². The second-order valence-electron chi connectivity index (χ2n) is 7.41. The molecule has 155 valence electrons. The minimum absolute atomic E-state index is 0.673. The van der Waals surface area contributed by atoms with E-state index in [-0.39, 0.29) is 0 Å². The Bertz CT molecular complexity index is 923. The van der Waals surface area contributed by atoms with Gasteiger partial charge in [0.2, 0.25) is 0 Å². The van der Waals surface area contributed by atoms with Gasteiger partial charge in [0.05, 0.1) is 0 Å². The van der Waals surface area contributed by atoms with Crippen LogP contribution >= 0.6 is 0 Å². The zero-order valence-electron chi connectivity index (χ0n) is 17.2. The van der Waals surface area contributed by atoms with E-state index in [1.165, 1.54) is 0 Å². The van der Waals surface area contributed by atoms with Crippen LogP contribution in [0.5, 0.6) is 5.75 Å². The molecule has 0 saturated heterocycles. The van der Waals surface area contributed by atoms with Gasteiger partial charge >= 0.3 is 179 Å². The first kappa shape index (κ1) is 21.6. The van der Waals surface area contributed by atoms with Crippen LogP contribution in [0.15, 0.2) is 78.9 Å². The van der Waals surface area contributed by atoms with Crippen molar-refractivity contribution in [2.45, 2.75) is 25.6 Å². The van der Waals surface area contributed by atoms with Gasteiger partial charge in [-0.05, 0) is 0 Å². The molecule has 0 heterocycles. The second-order valence-corrected chi connectivity index (χ2v) is 13.7. The van der Waals surface area contributed by atoms with Gasteiger partial charge in [0.1, 0.15) is 0 Å². The molecule has 0 fully saturated rings. The van der Waals surface area contributed by atoms with E-state index in [1.807, 2.05) is 66.7 Å². The van der Waals surface area contributed by atoms with E-state index >= 15 is 0 Å². The molecule has 0 aliphatic carbocycles. The molecule has 0 bridgehead atoms. The summed E-state index contributed by atoms with van der Waals surface area (Å²) in [4.78, 5) is 0. The minimum atomic E-state index is -1.59. The molecule has 5 heteroatoms. The van der Waals surface area contributed by atoms with Gasteiger partial charge < -0.3 is 0 Å². The van der Waals surface area contributed by atoms with Crippen LogP contribution in [0, 0.1) is 0 Å². The molecule has 0 radical (unpaired) electrons. The van der Waals surface area contributed by atoms with Gasteiger partial charge in [0, 0.05) is 0 Å². The van der Waals surface area contributed by atoms with Crippen molar-refractivity contribution in [1.82, 2.24) is 0 Å². The van der Waals surface area contributed by atoms with Gasteiger partial charge in [-0.2, -0.15) is 0 Å². The Morgan fingerprint density at radius 1 is 0.793 bits per heavy atom. The molecule has 0 aliphatic rings. The summed E-state index contributed by atoms with van der Waals surface area (Å²) < 4.78 is 25.9. The van der Waals surface area contributed by atoms with Crippen LogP contribution in [0.25, 0.3) is 11.1 Å². The van der Waals surface area contributed by atoms with Crippen molar-refractivity contribution in [1.29, 1.82) is 0 Å². The molecular formula is C24H28CoO3Si. The molecular weight excluding hydrogens is 423 g/mol. The number of hydrogen-bond acceptors (Lipinski definition) is 3. The summed E-state index contributed by atoms with van der Waals surface area (Å²) in [5.74, 6) is 0.813. The molecule has 0 N–H and O–H groups in total. The molecule has 0 amide bonds. The van der Waals surface area contributed by atoms with Crippen molar-refractivity contribution < 1.29 is 26.6 Å². The number of rotatable bonds is 9. The molecule has 3 rings (SSSR count). The Labute approximate surface area is 178 Å². The fourth-order valence-corrected chi connectivity index (χ4v) is 5.42. The predicted octanol–water partition coefficient (Wildman–Crippen LogP) is 4.89. The molecule has 0 spiro atoms. The van der Waals surface area contributed by atoms with E-state index in [0.717, 1.165) is 38.3 Å². The molecule has 0 aliphatic heterocycles. The molecule has 3 aromatic carbocycles. The van der Waals surface area contributed by atoms with Crippen molar-refractivity contribution in [2.24, 2.45) is 0 Å². The summed E-state index contributed by atoms with van der Waals surface area (Å²) in [6.07, 6.45) is 0.983. The average molecular weight is 452 g/mol. The maximum absolute atomic E-state index is 12.9. The Morgan fingerprint density at radius 3 is 1.93 bits per heavy atom. The quantitative estimate of drug-likeness (QED) is 0.343. The fourth-order valence-electron chi connectivity index (χ4n) is 2.89. The van der Waals surface area contributed by atoms with E-state index in [4.69, 9.17) is 9.16 Å². The Hall–Kier alpha value is -2.06. The normalized spacial score (nSPS) is 11.9. The Morgan fingerprint density at radius 2 is 1.34 bits per heavy atom. The second kappa shape index (κ2) is 10.1. The number of hydrogen-bond donors (Lipinski definition) is 0. The van der Waals surface area contributed by atoms with Gasteiger partial charge in [0.25, 0.3) is 0 Å². The molecule has 3 aromatic rings. The van der Waals surface area contributed by atoms with E-state index < -0.39 is 21.9 Å². The summed E-state index contributed by atoms with van der Waals surface area (Å²) >= 11 is -1.59. The summed E-state index contributed by atoms with van der Waals surface area (Å²) in [6, 6.07) is 26.8. The first-order valence-electron chi connectivity index (χ1n) is 9.73. The number of benzene rings is 3. The van der Waals surface area contributed by atoms with Crippen LogP contribution in [-0.2, 0) is 21.9 Å². The molecule has 0 unspecified atom stereocenters. The standard InChI is InChI=1S/C12H19O2Si.C12H9.Co.O/c1-13-15(2,3)11-7-10-14-12-8-5-4-6-9-12;1-3-7-11(8-4-1)12-9-5-2-6-10-12;;/h5-6,8-9H,7,10-11H2,1-3H3;1,3-10H;;. The fraction of sp³-hybridized carbons (Fsp3) is 0.250. The van der Waals surface area contributed by atoms with Crippen molar-refractivity contribution in [3.8, 4) is 16.9 Å². The predicted molar refractivity (Wildman–Crippen MR) is 118 cm³/mol. The molecule has 0 atom stereocenters. The van der Waals surface area contributed by atoms with Gasteiger partial charge in [0.15, 0.2) is 0 Å². The first-order chi connectivity index (χ1) is 14.0. The maximum atomic E-state index is 12.9. The van der Waals surface area contributed by atoms with Crippen molar-refractivity contribution >= 4 is 17.3 Å². The third-order valence-electron chi connectivity index (χ3n) is 4.83. The zero-order valence-corrected chi connectivity index (χ0v) is 19.2. The van der Waals surface area contributed by atoms with Gasteiger partial charge in [-0.3, -0.25) is 0 Å². The van der Waals surface area contributed by atoms with Crippen LogP contribution in [-0.4, -0.2) is 22.0 Å². The van der Waals surface area contributed by atoms with Gasteiger partial charge in [-0.15, -0.1) is 0 Å². The molecule has 29 heavy (non-hydrogen) atoms. The summed E-state index contributed by atoms with van der Waals surface area (Å²) in [7, 11) is 0.272. The van der Waals surface area contributed by atoms with Crippen LogP contribution in [0.1, 0.15) is 6.42 Å². The van der Waals surface area contributed by atoms with Crippen LogP contribution in [0.3, 0.4) is 0 Å².